The van der Waals surface area contributed by atoms with E-state index in [1.807, 2.05) is 12.1 Å². The molecular formula is C21H24N2O5. The standard InChI is InChI=1S/C21H24N2O5/c24-13-15-5-6-19(18(11-15)14-25)16-3-1-4-17(12-16)20(26)22-7-9-23-8-2-10-28-21(23)27/h1,3-6,11-12,24-25H,2,7-10,13-14H2,(H,22,26). The Labute approximate surface area is 163 Å². The Morgan fingerprint density at radius 1 is 1.14 bits per heavy atom. The largest absolute Gasteiger partial charge is 0.449 e. The Morgan fingerprint density at radius 2 is 2.00 bits per heavy atom. The molecule has 0 bridgehead atoms. The van der Waals surface area contributed by atoms with Crippen LogP contribution in [0.5, 0.6) is 0 Å². The lowest BCUT2D eigenvalue weighted by Crippen LogP contribution is -2.42. The number of hydrogen-bond donors (Lipinski definition) is 3. The lowest BCUT2D eigenvalue weighted by atomic mass is 9.96. The average molecular weight is 384 g/mol. The lowest BCUT2D eigenvalue weighted by molar-refractivity contribution is 0.0719. The van der Waals surface area contributed by atoms with Crippen molar-refractivity contribution in [3.05, 3.63) is 59.2 Å². The zero-order chi connectivity index (χ0) is 19.9. The fraction of sp³-hybridized carbons (Fsp3) is 0.333. The zero-order valence-electron chi connectivity index (χ0n) is 15.6. The van der Waals surface area contributed by atoms with Gasteiger partial charge in [-0.1, -0.05) is 30.3 Å². The number of aliphatic hydroxyl groups excluding tert-OH is 2. The molecule has 7 heteroatoms. The van der Waals surface area contributed by atoms with Gasteiger partial charge < -0.3 is 25.2 Å². The van der Waals surface area contributed by atoms with Gasteiger partial charge in [0.05, 0.1) is 19.8 Å². The third-order valence-electron chi connectivity index (χ3n) is 4.68. The smallest absolute Gasteiger partial charge is 0.409 e. The van der Waals surface area contributed by atoms with Crippen molar-refractivity contribution in [3.8, 4) is 11.1 Å². The lowest BCUT2D eigenvalue weighted by Gasteiger charge is -2.26. The quantitative estimate of drug-likeness (QED) is 0.677. The summed E-state index contributed by atoms with van der Waals surface area (Å²) in [5.41, 5.74) is 3.52. The van der Waals surface area contributed by atoms with Crippen molar-refractivity contribution >= 4 is 12.0 Å². The maximum absolute atomic E-state index is 12.5. The van der Waals surface area contributed by atoms with Crippen molar-refractivity contribution in [2.45, 2.75) is 19.6 Å². The Kier molecular flexibility index (Phi) is 6.62. The Hall–Kier alpha value is -2.90. The van der Waals surface area contributed by atoms with Crippen LogP contribution in [0, 0.1) is 0 Å². The number of aliphatic hydroxyl groups is 2. The van der Waals surface area contributed by atoms with Crippen molar-refractivity contribution < 1.29 is 24.5 Å². The van der Waals surface area contributed by atoms with Gasteiger partial charge in [0.2, 0.25) is 0 Å². The topological polar surface area (TPSA) is 99.1 Å². The summed E-state index contributed by atoms with van der Waals surface area (Å²) in [5.74, 6) is -0.232. The number of nitrogens with one attached hydrogen (secondary N) is 1. The molecule has 1 fully saturated rings. The van der Waals surface area contributed by atoms with Gasteiger partial charge in [0.15, 0.2) is 0 Å². The number of amides is 2. The molecule has 0 aromatic heterocycles. The highest BCUT2D eigenvalue weighted by Crippen LogP contribution is 2.26. The average Bonchev–Trinajstić information content (AvgIpc) is 2.74. The first-order valence-corrected chi connectivity index (χ1v) is 9.26. The monoisotopic (exact) mass is 384 g/mol. The third-order valence-corrected chi connectivity index (χ3v) is 4.68. The molecule has 0 spiro atoms. The van der Waals surface area contributed by atoms with Crippen LogP contribution < -0.4 is 5.32 Å². The Bertz CT molecular complexity index is 852. The molecule has 0 radical (unpaired) electrons. The van der Waals surface area contributed by atoms with Gasteiger partial charge in [0, 0.05) is 25.2 Å². The number of carbonyl (C=O) groups excluding carboxylic acids is 2. The van der Waals surface area contributed by atoms with E-state index in [0.29, 0.717) is 37.4 Å². The van der Waals surface area contributed by atoms with Crippen LogP contribution in [0.3, 0.4) is 0 Å². The Morgan fingerprint density at radius 3 is 2.75 bits per heavy atom. The summed E-state index contributed by atoms with van der Waals surface area (Å²) in [5, 5.41) is 21.7. The van der Waals surface area contributed by atoms with Crippen LogP contribution in [0.2, 0.25) is 0 Å². The minimum Gasteiger partial charge on any atom is -0.449 e. The molecule has 7 nitrogen and oxygen atoms in total. The molecule has 0 unspecified atom stereocenters. The molecule has 2 aromatic carbocycles. The van der Waals surface area contributed by atoms with Crippen LogP contribution in [0.1, 0.15) is 27.9 Å². The maximum atomic E-state index is 12.5. The normalized spacial score (nSPS) is 13.9. The van der Waals surface area contributed by atoms with Gasteiger partial charge in [-0.2, -0.15) is 0 Å². The van der Waals surface area contributed by atoms with Crippen molar-refractivity contribution in [1.29, 1.82) is 0 Å². The van der Waals surface area contributed by atoms with Gasteiger partial charge in [0.1, 0.15) is 0 Å². The summed E-state index contributed by atoms with van der Waals surface area (Å²) >= 11 is 0. The van der Waals surface area contributed by atoms with E-state index in [9.17, 15) is 19.8 Å². The molecule has 2 aromatic rings. The van der Waals surface area contributed by atoms with Gasteiger partial charge in [-0.05, 0) is 40.8 Å². The first-order valence-electron chi connectivity index (χ1n) is 9.26. The van der Waals surface area contributed by atoms with E-state index in [1.54, 1.807) is 35.2 Å². The number of cyclic esters (lactones) is 1. The van der Waals surface area contributed by atoms with E-state index in [2.05, 4.69) is 5.32 Å². The molecular weight excluding hydrogens is 360 g/mol. The van der Waals surface area contributed by atoms with Crippen LogP contribution in [0.4, 0.5) is 4.79 Å². The number of benzene rings is 2. The summed E-state index contributed by atoms with van der Waals surface area (Å²) < 4.78 is 4.97. The second-order valence-corrected chi connectivity index (χ2v) is 6.60. The van der Waals surface area contributed by atoms with Gasteiger partial charge >= 0.3 is 6.09 Å². The van der Waals surface area contributed by atoms with Gasteiger partial charge in [0.25, 0.3) is 5.91 Å². The van der Waals surface area contributed by atoms with Gasteiger partial charge in [-0.15, -0.1) is 0 Å². The molecule has 2 amide bonds. The predicted molar refractivity (Wildman–Crippen MR) is 104 cm³/mol. The molecule has 28 heavy (non-hydrogen) atoms. The molecule has 3 N–H and O–H groups in total. The van der Waals surface area contributed by atoms with Crippen LogP contribution in [0.25, 0.3) is 11.1 Å². The minimum absolute atomic E-state index is 0.0969. The number of hydrogen-bond acceptors (Lipinski definition) is 5. The Balaban J connectivity index is 1.67. The number of carbonyl (C=O) groups is 2. The van der Waals surface area contributed by atoms with E-state index < -0.39 is 0 Å². The number of ether oxygens (including phenoxy) is 1. The van der Waals surface area contributed by atoms with E-state index >= 15 is 0 Å². The highest BCUT2D eigenvalue weighted by molar-refractivity contribution is 5.95. The second-order valence-electron chi connectivity index (χ2n) is 6.60. The van der Waals surface area contributed by atoms with E-state index in [0.717, 1.165) is 23.1 Å². The fourth-order valence-electron chi connectivity index (χ4n) is 3.19. The third kappa shape index (κ3) is 4.68. The first kappa shape index (κ1) is 19.9. The SMILES string of the molecule is O=C(NCCN1CCCOC1=O)c1cccc(-c2ccc(CO)cc2CO)c1. The van der Waals surface area contributed by atoms with Crippen molar-refractivity contribution in [2.24, 2.45) is 0 Å². The van der Waals surface area contributed by atoms with E-state index in [1.165, 1.54) is 0 Å². The summed E-state index contributed by atoms with van der Waals surface area (Å²) in [7, 11) is 0. The van der Waals surface area contributed by atoms with E-state index in [4.69, 9.17) is 4.74 Å². The van der Waals surface area contributed by atoms with Gasteiger partial charge in [-0.3, -0.25) is 4.79 Å². The van der Waals surface area contributed by atoms with Crippen molar-refractivity contribution in [2.75, 3.05) is 26.2 Å². The van der Waals surface area contributed by atoms with Crippen LogP contribution in [0.15, 0.2) is 42.5 Å². The van der Waals surface area contributed by atoms with Crippen LogP contribution >= 0.6 is 0 Å². The van der Waals surface area contributed by atoms with Crippen molar-refractivity contribution in [3.63, 3.8) is 0 Å². The molecule has 0 atom stereocenters. The molecule has 3 rings (SSSR count). The fourth-order valence-corrected chi connectivity index (χ4v) is 3.19. The molecule has 148 valence electrons. The zero-order valence-corrected chi connectivity index (χ0v) is 15.6. The van der Waals surface area contributed by atoms with Crippen LogP contribution in [-0.2, 0) is 18.0 Å². The predicted octanol–water partition coefficient (Wildman–Crippen LogP) is 1.91. The van der Waals surface area contributed by atoms with Gasteiger partial charge in [-0.25, -0.2) is 4.79 Å². The highest BCUT2D eigenvalue weighted by atomic mass is 16.6. The highest BCUT2D eigenvalue weighted by Gasteiger charge is 2.19. The molecule has 0 saturated carbocycles. The van der Waals surface area contributed by atoms with Crippen LogP contribution in [-0.4, -0.2) is 53.4 Å². The molecule has 1 saturated heterocycles. The van der Waals surface area contributed by atoms with Crippen molar-refractivity contribution in [1.82, 2.24) is 10.2 Å². The summed E-state index contributed by atoms with van der Waals surface area (Å²) in [4.78, 5) is 25.7. The van der Waals surface area contributed by atoms with E-state index in [-0.39, 0.29) is 25.2 Å². The number of rotatable bonds is 7. The molecule has 1 aliphatic heterocycles. The maximum Gasteiger partial charge on any atom is 0.409 e. The number of nitrogens with zero attached hydrogens (tertiary/aromatic N) is 1. The molecule has 1 aliphatic rings. The first-order chi connectivity index (χ1) is 13.6. The molecule has 0 aliphatic carbocycles. The molecule has 1 heterocycles. The summed E-state index contributed by atoms with van der Waals surface area (Å²) in [6.07, 6.45) is 0.453. The second kappa shape index (κ2) is 9.34. The minimum atomic E-state index is -0.342. The summed E-state index contributed by atoms with van der Waals surface area (Å²) in [6.45, 7) is 1.57. The summed E-state index contributed by atoms with van der Waals surface area (Å²) in [6, 6.07) is 12.5.